The summed E-state index contributed by atoms with van der Waals surface area (Å²) in [4.78, 5) is 21.0. The summed E-state index contributed by atoms with van der Waals surface area (Å²) in [6.07, 6.45) is 3.01. The van der Waals surface area contributed by atoms with Crippen molar-refractivity contribution in [3.8, 4) is 0 Å². The van der Waals surface area contributed by atoms with Crippen molar-refractivity contribution < 1.29 is 8.78 Å². The lowest BCUT2D eigenvalue weighted by molar-refractivity contribution is 0.624. The normalized spacial score (nSPS) is 18.4. The molecule has 0 bridgehead atoms. The summed E-state index contributed by atoms with van der Waals surface area (Å²) in [6.45, 7) is 0. The fourth-order valence-corrected chi connectivity index (χ4v) is 3.64. The monoisotopic (exact) mass is 378 g/mol. The number of hydrogen-bond acceptors (Lipinski definition) is 5. The van der Waals surface area contributed by atoms with E-state index in [1.807, 2.05) is 0 Å². The van der Waals surface area contributed by atoms with Gasteiger partial charge in [0.15, 0.2) is 0 Å². The van der Waals surface area contributed by atoms with Crippen LogP contribution in [0.5, 0.6) is 0 Å². The molecule has 2 aromatic carbocycles. The summed E-state index contributed by atoms with van der Waals surface area (Å²) < 4.78 is 27.5. The molecule has 1 aliphatic heterocycles. The van der Waals surface area contributed by atoms with Gasteiger partial charge < -0.3 is 0 Å². The number of halogens is 2. The van der Waals surface area contributed by atoms with E-state index in [1.165, 1.54) is 24.5 Å². The standard InChI is InChI=1S/C19H12F2N6O/c20-10-3-1-9(2-4-10)13-7-22-14-6-11(21)5-12-15(14)17(25-27-19(12)28)16(13)18-23-8-24-26-18/h1-8,13,16H,(H,27,28)(H,23,24,26). The van der Waals surface area contributed by atoms with Crippen LogP contribution < -0.4 is 5.56 Å². The van der Waals surface area contributed by atoms with Crippen molar-refractivity contribution in [1.82, 2.24) is 25.4 Å². The summed E-state index contributed by atoms with van der Waals surface area (Å²) in [6, 6.07) is 8.42. The van der Waals surface area contributed by atoms with E-state index >= 15 is 0 Å². The smallest absolute Gasteiger partial charge is 0.267 e. The molecule has 0 aliphatic carbocycles. The lowest BCUT2D eigenvalue weighted by Crippen LogP contribution is -2.20. The van der Waals surface area contributed by atoms with E-state index in [2.05, 4.69) is 30.4 Å². The molecule has 5 rings (SSSR count). The molecule has 1 aliphatic rings. The molecule has 28 heavy (non-hydrogen) atoms. The molecule has 2 aromatic heterocycles. The van der Waals surface area contributed by atoms with Crippen molar-refractivity contribution >= 4 is 22.7 Å². The van der Waals surface area contributed by atoms with E-state index in [0.717, 1.165) is 11.6 Å². The number of nitrogens with zero attached hydrogens (tertiary/aromatic N) is 4. The predicted molar refractivity (Wildman–Crippen MR) is 97.8 cm³/mol. The van der Waals surface area contributed by atoms with Crippen molar-refractivity contribution in [1.29, 1.82) is 0 Å². The van der Waals surface area contributed by atoms with Crippen LogP contribution in [0.15, 0.2) is 52.5 Å². The summed E-state index contributed by atoms with van der Waals surface area (Å²) >= 11 is 0. The molecule has 0 amide bonds. The zero-order valence-electron chi connectivity index (χ0n) is 14.2. The van der Waals surface area contributed by atoms with Gasteiger partial charge in [0.1, 0.15) is 23.8 Å². The minimum absolute atomic E-state index is 0.154. The van der Waals surface area contributed by atoms with Crippen LogP contribution in [0.3, 0.4) is 0 Å². The first-order valence-electron chi connectivity index (χ1n) is 8.48. The summed E-state index contributed by atoms with van der Waals surface area (Å²) in [5.74, 6) is -1.33. The van der Waals surface area contributed by atoms with Crippen molar-refractivity contribution in [2.45, 2.75) is 11.8 Å². The Balaban J connectivity index is 1.84. The van der Waals surface area contributed by atoms with Crippen LogP contribution in [0.4, 0.5) is 14.5 Å². The first kappa shape index (κ1) is 16.4. The molecule has 3 heterocycles. The van der Waals surface area contributed by atoms with Gasteiger partial charge in [-0.3, -0.25) is 14.9 Å². The van der Waals surface area contributed by atoms with E-state index in [9.17, 15) is 13.6 Å². The van der Waals surface area contributed by atoms with Crippen LogP contribution in [0.2, 0.25) is 0 Å². The molecule has 2 N–H and O–H groups in total. The molecule has 4 aromatic rings. The zero-order valence-corrected chi connectivity index (χ0v) is 14.2. The van der Waals surface area contributed by atoms with Gasteiger partial charge in [-0.15, -0.1) is 0 Å². The van der Waals surface area contributed by atoms with Gasteiger partial charge in [-0.2, -0.15) is 10.2 Å². The average Bonchev–Trinajstić information content (AvgIpc) is 3.16. The first-order valence-corrected chi connectivity index (χ1v) is 8.48. The summed E-state index contributed by atoms with van der Waals surface area (Å²) in [5, 5.41) is 14.1. The van der Waals surface area contributed by atoms with Crippen molar-refractivity contribution in [2.24, 2.45) is 4.99 Å². The second-order valence-corrected chi connectivity index (χ2v) is 6.49. The van der Waals surface area contributed by atoms with Gasteiger partial charge in [-0.1, -0.05) is 12.1 Å². The topological polar surface area (TPSA) is 99.7 Å². The minimum atomic E-state index is -0.571. The SMILES string of the molecule is O=c1[nH]nc2c3c(cc(F)cc13)N=CC(c1ccc(F)cc1)C2c1ncn[nH]1. The Hall–Kier alpha value is -3.75. The van der Waals surface area contributed by atoms with Crippen LogP contribution in [-0.4, -0.2) is 31.6 Å². The van der Waals surface area contributed by atoms with Crippen LogP contribution in [-0.2, 0) is 0 Å². The lowest BCUT2D eigenvalue weighted by Gasteiger charge is -2.21. The van der Waals surface area contributed by atoms with Gasteiger partial charge in [0.2, 0.25) is 0 Å². The largest absolute Gasteiger partial charge is 0.272 e. The highest BCUT2D eigenvalue weighted by Crippen LogP contribution is 2.42. The highest BCUT2D eigenvalue weighted by Gasteiger charge is 2.34. The quantitative estimate of drug-likeness (QED) is 0.560. The van der Waals surface area contributed by atoms with Crippen LogP contribution in [0.1, 0.15) is 28.9 Å². The minimum Gasteiger partial charge on any atom is -0.267 e. The molecular formula is C19H12F2N6O. The highest BCUT2D eigenvalue weighted by molar-refractivity contribution is 5.97. The number of nitrogens with one attached hydrogen (secondary N) is 2. The molecule has 0 saturated carbocycles. The third kappa shape index (κ3) is 2.51. The Morgan fingerprint density at radius 3 is 2.57 bits per heavy atom. The van der Waals surface area contributed by atoms with Crippen molar-refractivity contribution in [2.75, 3.05) is 0 Å². The van der Waals surface area contributed by atoms with Gasteiger partial charge in [0.05, 0.1) is 22.7 Å². The summed E-state index contributed by atoms with van der Waals surface area (Å²) in [7, 11) is 0. The Bertz CT molecular complexity index is 1260. The predicted octanol–water partition coefficient (Wildman–Crippen LogP) is 2.95. The maximum Gasteiger partial charge on any atom is 0.272 e. The Morgan fingerprint density at radius 1 is 1.00 bits per heavy atom. The van der Waals surface area contributed by atoms with Gasteiger partial charge in [0, 0.05) is 23.6 Å². The number of benzene rings is 2. The van der Waals surface area contributed by atoms with E-state index in [-0.39, 0.29) is 11.2 Å². The van der Waals surface area contributed by atoms with Crippen LogP contribution in [0, 0.1) is 11.6 Å². The van der Waals surface area contributed by atoms with Crippen LogP contribution >= 0.6 is 0 Å². The number of rotatable bonds is 2. The average molecular weight is 378 g/mol. The molecule has 0 spiro atoms. The number of hydrogen-bond donors (Lipinski definition) is 2. The highest BCUT2D eigenvalue weighted by atomic mass is 19.1. The van der Waals surface area contributed by atoms with Gasteiger partial charge in [-0.25, -0.2) is 18.9 Å². The second kappa shape index (κ2) is 6.15. The number of H-pyrrole nitrogens is 2. The fraction of sp³-hybridized carbons (Fsp3) is 0.105. The van der Waals surface area contributed by atoms with Crippen molar-refractivity contribution in [3.05, 3.63) is 81.8 Å². The molecule has 2 atom stereocenters. The fourth-order valence-electron chi connectivity index (χ4n) is 3.64. The molecule has 9 heteroatoms. The maximum atomic E-state index is 14.1. The Morgan fingerprint density at radius 2 is 1.82 bits per heavy atom. The molecule has 0 radical (unpaired) electrons. The molecule has 138 valence electrons. The molecule has 0 saturated heterocycles. The van der Waals surface area contributed by atoms with Gasteiger partial charge >= 0.3 is 0 Å². The molecule has 2 unspecified atom stereocenters. The van der Waals surface area contributed by atoms with Crippen molar-refractivity contribution in [3.63, 3.8) is 0 Å². The summed E-state index contributed by atoms with van der Waals surface area (Å²) in [5.41, 5.74) is 1.04. The van der Waals surface area contributed by atoms with Gasteiger partial charge in [-0.05, 0) is 23.8 Å². The zero-order chi connectivity index (χ0) is 19.3. The second-order valence-electron chi connectivity index (χ2n) is 6.49. The maximum absolute atomic E-state index is 14.1. The number of aromatic amines is 2. The third-order valence-corrected chi connectivity index (χ3v) is 4.87. The Labute approximate surface area is 156 Å². The van der Waals surface area contributed by atoms with Gasteiger partial charge in [0.25, 0.3) is 5.56 Å². The third-order valence-electron chi connectivity index (χ3n) is 4.87. The van der Waals surface area contributed by atoms with E-state index < -0.39 is 23.2 Å². The number of aliphatic imine (C=N–C) groups is 1. The van der Waals surface area contributed by atoms with E-state index in [1.54, 1.807) is 18.3 Å². The van der Waals surface area contributed by atoms with E-state index in [0.29, 0.717) is 22.6 Å². The molecule has 0 fully saturated rings. The number of aromatic nitrogens is 5. The van der Waals surface area contributed by atoms with E-state index in [4.69, 9.17) is 0 Å². The first-order chi connectivity index (χ1) is 13.6. The Kier molecular flexibility index (Phi) is 3.61. The molecule has 7 nitrogen and oxygen atoms in total. The lowest BCUT2D eigenvalue weighted by atomic mass is 9.83. The van der Waals surface area contributed by atoms with Crippen LogP contribution in [0.25, 0.3) is 10.8 Å². The molecular weight excluding hydrogens is 366 g/mol.